The van der Waals surface area contributed by atoms with E-state index in [1.54, 1.807) is 6.92 Å². The first kappa shape index (κ1) is 21.3. The van der Waals surface area contributed by atoms with Crippen LogP contribution in [-0.2, 0) is 9.53 Å². The number of aromatic nitrogens is 1. The van der Waals surface area contributed by atoms with E-state index in [4.69, 9.17) is 9.15 Å². The number of nitrogens with one attached hydrogen (secondary N) is 1. The maximum Gasteiger partial charge on any atom is 0.361 e. The minimum Gasteiger partial charge on any atom is -0.448 e. The van der Waals surface area contributed by atoms with E-state index in [9.17, 15) is 9.59 Å². The van der Waals surface area contributed by atoms with Crippen LogP contribution in [0, 0.1) is 6.92 Å². The molecule has 30 heavy (non-hydrogen) atoms. The standard InChI is InChI=1S/C24H26N2O4/c1-5-15(2)19-13-9-10-14-20(19)25-22(27)17(4)30-24(28)21-16(3)29-23(26-21)18-11-7-6-8-12-18/h6-15,17H,5H2,1-4H3,(H,25,27)/t15-,17+/m1/s1. The number of aryl methyl sites for hydroxylation is 1. The molecule has 1 heterocycles. The summed E-state index contributed by atoms with van der Waals surface area (Å²) in [5.41, 5.74) is 2.59. The van der Waals surface area contributed by atoms with Gasteiger partial charge in [-0.15, -0.1) is 0 Å². The molecule has 0 aliphatic carbocycles. The van der Waals surface area contributed by atoms with Gasteiger partial charge in [0.15, 0.2) is 11.8 Å². The number of oxazole rings is 1. The van der Waals surface area contributed by atoms with Crippen molar-refractivity contribution >= 4 is 17.6 Å². The summed E-state index contributed by atoms with van der Waals surface area (Å²) in [4.78, 5) is 29.4. The van der Waals surface area contributed by atoms with Gasteiger partial charge in [0, 0.05) is 11.3 Å². The van der Waals surface area contributed by atoms with Crippen molar-refractivity contribution in [2.24, 2.45) is 0 Å². The van der Waals surface area contributed by atoms with E-state index in [1.165, 1.54) is 6.92 Å². The number of esters is 1. The van der Waals surface area contributed by atoms with Crippen molar-refractivity contribution in [2.45, 2.75) is 46.1 Å². The van der Waals surface area contributed by atoms with Gasteiger partial charge >= 0.3 is 5.97 Å². The molecule has 0 unspecified atom stereocenters. The first-order valence-electron chi connectivity index (χ1n) is 10.0. The summed E-state index contributed by atoms with van der Waals surface area (Å²) in [5, 5.41) is 2.87. The van der Waals surface area contributed by atoms with Crippen LogP contribution in [0.1, 0.15) is 54.9 Å². The van der Waals surface area contributed by atoms with Gasteiger partial charge in [0.1, 0.15) is 5.76 Å². The van der Waals surface area contributed by atoms with Crippen LogP contribution in [0.25, 0.3) is 11.5 Å². The first-order chi connectivity index (χ1) is 14.4. The van der Waals surface area contributed by atoms with E-state index in [-0.39, 0.29) is 5.69 Å². The Bertz CT molecular complexity index is 1030. The molecule has 1 amide bonds. The number of ether oxygens (including phenoxy) is 1. The van der Waals surface area contributed by atoms with Crippen LogP contribution in [0.2, 0.25) is 0 Å². The largest absolute Gasteiger partial charge is 0.448 e. The fraction of sp³-hybridized carbons (Fsp3) is 0.292. The molecule has 2 aromatic carbocycles. The third-order valence-corrected chi connectivity index (χ3v) is 5.03. The van der Waals surface area contributed by atoms with Gasteiger partial charge in [0.2, 0.25) is 5.89 Å². The lowest BCUT2D eigenvalue weighted by Crippen LogP contribution is -2.30. The van der Waals surface area contributed by atoms with Crippen molar-refractivity contribution in [1.29, 1.82) is 0 Å². The normalized spacial score (nSPS) is 12.8. The number of nitrogens with zero attached hydrogens (tertiary/aromatic N) is 1. The van der Waals surface area contributed by atoms with Gasteiger partial charge in [0.05, 0.1) is 0 Å². The van der Waals surface area contributed by atoms with Crippen molar-refractivity contribution in [3.8, 4) is 11.5 Å². The summed E-state index contributed by atoms with van der Waals surface area (Å²) in [6.07, 6.45) is -0.0363. The summed E-state index contributed by atoms with van der Waals surface area (Å²) in [6, 6.07) is 16.9. The zero-order chi connectivity index (χ0) is 21.7. The monoisotopic (exact) mass is 406 g/mol. The van der Waals surface area contributed by atoms with E-state index < -0.39 is 18.0 Å². The summed E-state index contributed by atoms with van der Waals surface area (Å²) < 4.78 is 11.0. The zero-order valence-electron chi connectivity index (χ0n) is 17.6. The first-order valence-corrected chi connectivity index (χ1v) is 10.0. The maximum atomic E-state index is 12.6. The van der Waals surface area contributed by atoms with Crippen LogP contribution in [-0.4, -0.2) is 23.0 Å². The molecule has 0 fully saturated rings. The molecule has 3 rings (SSSR count). The summed E-state index contributed by atoms with van der Waals surface area (Å²) in [7, 11) is 0. The molecule has 156 valence electrons. The Morgan fingerprint density at radius 1 is 1.07 bits per heavy atom. The second-order valence-corrected chi connectivity index (χ2v) is 7.22. The lowest BCUT2D eigenvalue weighted by Gasteiger charge is -2.18. The van der Waals surface area contributed by atoms with E-state index in [0.29, 0.717) is 17.6 Å². The van der Waals surface area contributed by atoms with Crippen LogP contribution in [0.4, 0.5) is 5.69 Å². The van der Waals surface area contributed by atoms with E-state index >= 15 is 0 Å². The highest BCUT2D eigenvalue weighted by molar-refractivity contribution is 5.97. The van der Waals surface area contributed by atoms with Crippen LogP contribution in [0.3, 0.4) is 0 Å². The molecule has 6 nitrogen and oxygen atoms in total. The minimum absolute atomic E-state index is 0.0634. The average molecular weight is 406 g/mol. The Morgan fingerprint density at radius 3 is 2.43 bits per heavy atom. The Kier molecular flexibility index (Phi) is 6.67. The molecule has 0 aliphatic heterocycles. The quantitative estimate of drug-likeness (QED) is 0.535. The van der Waals surface area contributed by atoms with Crippen molar-refractivity contribution in [3.05, 3.63) is 71.6 Å². The molecule has 0 saturated heterocycles. The minimum atomic E-state index is -0.987. The predicted molar refractivity (Wildman–Crippen MR) is 115 cm³/mol. The fourth-order valence-corrected chi connectivity index (χ4v) is 3.05. The molecule has 1 N–H and O–H groups in total. The Labute approximate surface area is 176 Å². The number of carbonyl (C=O) groups is 2. The van der Waals surface area contributed by atoms with Crippen LogP contribution >= 0.6 is 0 Å². The van der Waals surface area contributed by atoms with Gasteiger partial charge in [-0.05, 0) is 49.9 Å². The van der Waals surface area contributed by atoms with Crippen molar-refractivity contribution in [2.75, 3.05) is 5.32 Å². The molecule has 0 aliphatic rings. The molecule has 1 aromatic heterocycles. The predicted octanol–water partition coefficient (Wildman–Crippen LogP) is 5.35. The Morgan fingerprint density at radius 2 is 1.73 bits per heavy atom. The molecule has 0 saturated carbocycles. The summed E-state index contributed by atoms with van der Waals surface area (Å²) in [6.45, 7) is 7.37. The molecule has 0 radical (unpaired) electrons. The third-order valence-electron chi connectivity index (χ3n) is 5.03. The third kappa shape index (κ3) is 4.76. The summed E-state index contributed by atoms with van der Waals surface area (Å²) >= 11 is 0. The molecule has 0 bridgehead atoms. The summed E-state index contributed by atoms with van der Waals surface area (Å²) in [5.74, 6) is -0.124. The SMILES string of the molecule is CC[C@@H](C)c1ccccc1NC(=O)[C@H](C)OC(=O)c1nc(-c2ccccc2)oc1C. The van der Waals surface area contributed by atoms with Crippen molar-refractivity contribution < 1.29 is 18.7 Å². The van der Waals surface area contributed by atoms with Crippen LogP contribution in [0.15, 0.2) is 59.0 Å². The zero-order valence-corrected chi connectivity index (χ0v) is 17.6. The number of carbonyl (C=O) groups excluding carboxylic acids is 2. The Balaban J connectivity index is 1.69. The van der Waals surface area contributed by atoms with Gasteiger partial charge < -0.3 is 14.5 Å². The van der Waals surface area contributed by atoms with E-state index in [2.05, 4.69) is 24.1 Å². The highest BCUT2D eigenvalue weighted by Gasteiger charge is 2.25. The van der Waals surface area contributed by atoms with Gasteiger partial charge in [-0.25, -0.2) is 9.78 Å². The van der Waals surface area contributed by atoms with Crippen molar-refractivity contribution in [1.82, 2.24) is 4.98 Å². The highest BCUT2D eigenvalue weighted by Crippen LogP contribution is 2.27. The molecule has 6 heteroatoms. The molecule has 0 spiro atoms. The number of benzene rings is 2. The molecule has 2 atom stereocenters. The molecular weight excluding hydrogens is 380 g/mol. The highest BCUT2D eigenvalue weighted by atomic mass is 16.5. The topological polar surface area (TPSA) is 81.4 Å². The van der Waals surface area contributed by atoms with Gasteiger partial charge in [-0.3, -0.25) is 4.79 Å². The second kappa shape index (κ2) is 9.39. The van der Waals surface area contributed by atoms with Crippen LogP contribution < -0.4 is 5.32 Å². The van der Waals surface area contributed by atoms with Gasteiger partial charge in [-0.2, -0.15) is 0 Å². The fourth-order valence-electron chi connectivity index (χ4n) is 3.05. The maximum absolute atomic E-state index is 12.6. The number of amides is 1. The molecular formula is C24H26N2O4. The van der Waals surface area contributed by atoms with Crippen LogP contribution in [0.5, 0.6) is 0 Å². The average Bonchev–Trinajstić information content (AvgIpc) is 3.16. The molecule has 3 aromatic rings. The Hall–Kier alpha value is -3.41. The number of hydrogen-bond donors (Lipinski definition) is 1. The number of anilines is 1. The van der Waals surface area contributed by atoms with Gasteiger partial charge in [0.25, 0.3) is 5.91 Å². The number of para-hydroxylation sites is 1. The van der Waals surface area contributed by atoms with E-state index in [1.807, 2.05) is 54.6 Å². The van der Waals surface area contributed by atoms with Crippen molar-refractivity contribution in [3.63, 3.8) is 0 Å². The number of hydrogen-bond acceptors (Lipinski definition) is 5. The number of rotatable bonds is 7. The van der Waals surface area contributed by atoms with Gasteiger partial charge in [-0.1, -0.05) is 50.2 Å². The smallest absolute Gasteiger partial charge is 0.361 e. The lowest BCUT2D eigenvalue weighted by atomic mass is 9.97. The van der Waals surface area contributed by atoms with E-state index in [0.717, 1.165) is 23.2 Å². The lowest BCUT2D eigenvalue weighted by molar-refractivity contribution is -0.123. The second-order valence-electron chi connectivity index (χ2n) is 7.22.